The average Bonchev–Trinajstić information content (AvgIpc) is 3.20. The lowest BCUT2D eigenvalue weighted by Gasteiger charge is -2.37. The molecule has 1 saturated heterocycles. The topological polar surface area (TPSA) is 54.2 Å². The maximum atomic E-state index is 9.63. The van der Waals surface area contributed by atoms with Crippen LogP contribution in [0.15, 0.2) is 67.1 Å². The van der Waals surface area contributed by atoms with Crippen LogP contribution in [0.2, 0.25) is 5.02 Å². The molecule has 6 heteroatoms. The van der Waals surface area contributed by atoms with Gasteiger partial charge in [-0.1, -0.05) is 48.0 Å². The zero-order valence-corrected chi connectivity index (χ0v) is 18.0. The third kappa shape index (κ3) is 3.80. The Morgan fingerprint density at radius 2 is 1.90 bits per heavy atom. The van der Waals surface area contributed by atoms with Crippen LogP contribution in [0.5, 0.6) is 0 Å². The van der Waals surface area contributed by atoms with E-state index in [0.29, 0.717) is 5.02 Å². The molecular formula is C25H25ClN4O. The number of nitrogens with zero attached hydrogens (tertiary/aromatic N) is 4. The maximum absolute atomic E-state index is 9.63. The molecule has 0 bridgehead atoms. The molecule has 1 atom stereocenters. The van der Waals surface area contributed by atoms with E-state index in [9.17, 15) is 5.11 Å². The molecule has 2 aromatic carbocycles. The van der Waals surface area contributed by atoms with Gasteiger partial charge >= 0.3 is 0 Å². The molecule has 0 aliphatic carbocycles. The van der Waals surface area contributed by atoms with Crippen LogP contribution in [0, 0.1) is 0 Å². The summed E-state index contributed by atoms with van der Waals surface area (Å²) in [6.07, 6.45) is 7.92. The highest BCUT2D eigenvalue weighted by Crippen LogP contribution is 2.39. The number of fused-ring (bicyclic) bond motifs is 1. The highest BCUT2D eigenvalue weighted by atomic mass is 35.5. The van der Waals surface area contributed by atoms with Crippen molar-refractivity contribution < 1.29 is 5.11 Å². The van der Waals surface area contributed by atoms with Gasteiger partial charge in [-0.3, -0.25) is 0 Å². The van der Waals surface area contributed by atoms with Gasteiger partial charge in [0.1, 0.15) is 12.1 Å². The van der Waals surface area contributed by atoms with Crippen LogP contribution in [0.4, 0.5) is 5.82 Å². The molecule has 5 rings (SSSR count). The summed E-state index contributed by atoms with van der Waals surface area (Å²) in [6, 6.07) is 18.5. The summed E-state index contributed by atoms with van der Waals surface area (Å²) in [7, 11) is 0. The van der Waals surface area contributed by atoms with Gasteiger partial charge in [-0.2, -0.15) is 0 Å². The van der Waals surface area contributed by atoms with Gasteiger partial charge in [0, 0.05) is 41.7 Å². The molecule has 4 aromatic rings. The zero-order valence-electron chi connectivity index (χ0n) is 17.3. The van der Waals surface area contributed by atoms with Crippen LogP contribution in [0.25, 0.3) is 27.8 Å². The predicted octanol–water partition coefficient (Wildman–Crippen LogP) is 5.48. The summed E-state index contributed by atoms with van der Waals surface area (Å²) in [5, 5.41) is 11.4. The van der Waals surface area contributed by atoms with Gasteiger partial charge < -0.3 is 14.6 Å². The Labute approximate surface area is 186 Å². The Hall–Kier alpha value is -2.89. The maximum Gasteiger partial charge on any atom is 0.150 e. The fraction of sp³-hybridized carbons (Fsp3) is 0.280. The Bertz CT molecular complexity index is 1190. The molecule has 1 N–H and O–H groups in total. The van der Waals surface area contributed by atoms with Gasteiger partial charge in [0.25, 0.3) is 0 Å². The molecule has 1 aliphatic heterocycles. The van der Waals surface area contributed by atoms with Crippen molar-refractivity contribution in [1.29, 1.82) is 0 Å². The van der Waals surface area contributed by atoms with E-state index in [2.05, 4.69) is 39.9 Å². The normalized spacial score (nSPS) is 16.7. The fourth-order valence-corrected chi connectivity index (χ4v) is 4.84. The van der Waals surface area contributed by atoms with Crippen molar-refractivity contribution in [2.45, 2.75) is 31.7 Å². The van der Waals surface area contributed by atoms with E-state index in [4.69, 9.17) is 21.6 Å². The minimum atomic E-state index is 0.185. The molecule has 0 spiro atoms. The molecule has 31 heavy (non-hydrogen) atoms. The Balaban J connectivity index is 1.76. The van der Waals surface area contributed by atoms with E-state index in [0.717, 1.165) is 59.5 Å². The smallest absolute Gasteiger partial charge is 0.150 e. The van der Waals surface area contributed by atoms with E-state index in [1.165, 1.54) is 6.42 Å². The SMILES string of the molecule is OCCC1CCCCN1c1ncnc2c1c(-c1ccccc1)cn2-c1cccc(Cl)c1. The molecule has 1 aliphatic rings. The van der Waals surface area contributed by atoms with E-state index in [-0.39, 0.29) is 12.6 Å². The van der Waals surface area contributed by atoms with Gasteiger partial charge in [0.15, 0.2) is 5.65 Å². The number of aromatic nitrogens is 3. The summed E-state index contributed by atoms with van der Waals surface area (Å²) in [5.74, 6) is 0.947. The van der Waals surface area contributed by atoms with E-state index in [1.807, 2.05) is 30.3 Å². The summed E-state index contributed by atoms with van der Waals surface area (Å²) in [6.45, 7) is 1.12. The van der Waals surface area contributed by atoms with Gasteiger partial charge in [-0.05, 0) is 49.4 Å². The molecule has 2 aromatic heterocycles. The van der Waals surface area contributed by atoms with Gasteiger partial charge in [0.2, 0.25) is 0 Å². The quantitative estimate of drug-likeness (QED) is 0.453. The lowest BCUT2D eigenvalue weighted by Crippen LogP contribution is -2.40. The second-order valence-corrected chi connectivity index (χ2v) is 8.45. The monoisotopic (exact) mass is 432 g/mol. The highest BCUT2D eigenvalue weighted by Gasteiger charge is 2.27. The van der Waals surface area contributed by atoms with Crippen molar-refractivity contribution in [2.24, 2.45) is 0 Å². The number of anilines is 1. The second-order valence-electron chi connectivity index (χ2n) is 8.01. The Kier molecular flexibility index (Phi) is 5.62. The number of piperidine rings is 1. The molecule has 0 saturated carbocycles. The standard InChI is InChI=1S/C25H25ClN4O/c26-19-9-6-11-21(15-19)30-16-22(18-7-2-1-3-8-18)23-24(27-17-28-25(23)30)29-13-5-4-10-20(29)12-14-31/h1-3,6-9,11,15-17,20,31H,4-5,10,12-14H2. The summed E-state index contributed by atoms with van der Waals surface area (Å²) in [4.78, 5) is 11.8. The first-order valence-corrected chi connectivity index (χ1v) is 11.2. The number of rotatable bonds is 5. The van der Waals surface area contributed by atoms with E-state index < -0.39 is 0 Å². The lowest BCUT2D eigenvalue weighted by atomic mass is 9.98. The number of aliphatic hydroxyl groups is 1. The minimum absolute atomic E-state index is 0.185. The molecule has 0 amide bonds. The van der Waals surface area contributed by atoms with Crippen LogP contribution in [-0.2, 0) is 0 Å². The molecule has 158 valence electrons. The number of hydrogen-bond acceptors (Lipinski definition) is 4. The van der Waals surface area contributed by atoms with Crippen LogP contribution < -0.4 is 4.90 Å². The van der Waals surface area contributed by atoms with Crippen molar-refractivity contribution in [3.05, 3.63) is 72.1 Å². The lowest BCUT2D eigenvalue weighted by molar-refractivity contribution is 0.262. The van der Waals surface area contributed by atoms with Crippen molar-refractivity contribution in [3.63, 3.8) is 0 Å². The van der Waals surface area contributed by atoms with Crippen LogP contribution in [0.3, 0.4) is 0 Å². The molecule has 1 unspecified atom stereocenters. The zero-order chi connectivity index (χ0) is 21.2. The molecule has 0 radical (unpaired) electrons. The molecule has 5 nitrogen and oxygen atoms in total. The van der Waals surface area contributed by atoms with E-state index in [1.54, 1.807) is 6.33 Å². The molecule has 3 heterocycles. The third-order valence-electron chi connectivity index (χ3n) is 6.10. The predicted molar refractivity (Wildman–Crippen MR) is 126 cm³/mol. The Morgan fingerprint density at radius 1 is 1.03 bits per heavy atom. The van der Waals surface area contributed by atoms with Crippen molar-refractivity contribution in [3.8, 4) is 16.8 Å². The van der Waals surface area contributed by atoms with Crippen LogP contribution >= 0.6 is 11.6 Å². The first kappa shape index (κ1) is 20.0. The number of hydrogen-bond donors (Lipinski definition) is 1. The number of aliphatic hydroxyl groups excluding tert-OH is 1. The third-order valence-corrected chi connectivity index (χ3v) is 6.33. The second kappa shape index (κ2) is 8.69. The van der Waals surface area contributed by atoms with E-state index >= 15 is 0 Å². The van der Waals surface area contributed by atoms with Crippen molar-refractivity contribution in [1.82, 2.24) is 14.5 Å². The first-order chi connectivity index (χ1) is 15.3. The minimum Gasteiger partial charge on any atom is -0.396 e. The van der Waals surface area contributed by atoms with Gasteiger partial charge in [-0.25, -0.2) is 9.97 Å². The highest BCUT2D eigenvalue weighted by molar-refractivity contribution is 6.30. The largest absolute Gasteiger partial charge is 0.396 e. The van der Waals surface area contributed by atoms with Gasteiger partial charge in [-0.15, -0.1) is 0 Å². The Morgan fingerprint density at radius 3 is 2.71 bits per heavy atom. The number of benzene rings is 2. The molecule has 1 fully saturated rings. The first-order valence-electron chi connectivity index (χ1n) is 10.8. The number of halogens is 1. The van der Waals surface area contributed by atoms with Crippen molar-refractivity contribution >= 4 is 28.5 Å². The summed E-state index contributed by atoms with van der Waals surface area (Å²) >= 11 is 6.30. The van der Waals surface area contributed by atoms with Gasteiger partial charge in [0.05, 0.1) is 5.39 Å². The summed E-state index contributed by atoms with van der Waals surface area (Å²) in [5.41, 5.74) is 4.05. The average molecular weight is 433 g/mol. The molecular weight excluding hydrogens is 408 g/mol. The summed E-state index contributed by atoms with van der Waals surface area (Å²) < 4.78 is 2.10. The van der Waals surface area contributed by atoms with Crippen molar-refractivity contribution in [2.75, 3.05) is 18.1 Å². The van der Waals surface area contributed by atoms with Crippen LogP contribution in [-0.4, -0.2) is 38.8 Å². The fourth-order valence-electron chi connectivity index (χ4n) is 4.65. The van der Waals surface area contributed by atoms with Crippen LogP contribution in [0.1, 0.15) is 25.7 Å².